The fourth-order valence-electron chi connectivity index (χ4n) is 2.13. The zero-order chi connectivity index (χ0) is 15.0. The number of rotatable bonds is 4. The monoisotopic (exact) mass is 301 g/mol. The van der Waals surface area contributed by atoms with E-state index in [9.17, 15) is 13.5 Å². The Kier molecular flexibility index (Phi) is 3.92. The second-order valence-electron chi connectivity index (χ2n) is 5.01. The van der Waals surface area contributed by atoms with Gasteiger partial charge in [-0.15, -0.1) is 0 Å². The van der Waals surface area contributed by atoms with Crippen LogP contribution in [-0.4, -0.2) is 38.4 Å². The van der Waals surface area contributed by atoms with E-state index in [1.165, 1.54) is 18.2 Å². The molecule has 2 atom stereocenters. The minimum absolute atomic E-state index is 0.0446. The summed E-state index contributed by atoms with van der Waals surface area (Å²) in [5, 5.41) is 18.4. The largest absolute Gasteiger partial charge is 0.397 e. The number of nitrogen functional groups attached to an aromatic ring is 1. The van der Waals surface area contributed by atoms with Crippen LogP contribution in [-0.2, 0) is 14.8 Å². The van der Waals surface area contributed by atoms with E-state index in [0.29, 0.717) is 18.7 Å². The van der Waals surface area contributed by atoms with E-state index < -0.39 is 15.6 Å². The van der Waals surface area contributed by atoms with Crippen molar-refractivity contribution in [2.45, 2.75) is 29.9 Å². The Morgan fingerprint density at radius 2 is 2.25 bits per heavy atom. The highest BCUT2D eigenvalue weighted by atomic mass is 32.2. The Morgan fingerprint density at radius 3 is 2.75 bits per heavy atom. The summed E-state index contributed by atoms with van der Waals surface area (Å²) < 4.78 is 27.7. The molecule has 0 radical (unpaired) electrons. The topological polar surface area (TPSA) is 128 Å². The lowest BCUT2D eigenvalue weighted by atomic mass is 9.96. The molecule has 1 heterocycles. The SMILES string of the molecule is CC1OCCC1(O)CNc1ccc(S(N)(=O)=O)cc1N. The summed E-state index contributed by atoms with van der Waals surface area (Å²) in [6, 6.07) is 4.18. The van der Waals surface area contributed by atoms with Crippen LogP contribution in [0.15, 0.2) is 23.1 Å². The summed E-state index contributed by atoms with van der Waals surface area (Å²) in [6.45, 7) is 2.59. The number of aliphatic hydroxyl groups is 1. The maximum atomic E-state index is 11.2. The second-order valence-corrected chi connectivity index (χ2v) is 6.58. The molecule has 2 rings (SSSR count). The number of ether oxygens (including phenoxy) is 1. The Hall–Kier alpha value is -1.35. The average molecular weight is 301 g/mol. The van der Waals surface area contributed by atoms with E-state index in [0.717, 1.165) is 0 Å². The molecule has 20 heavy (non-hydrogen) atoms. The molecule has 1 aliphatic rings. The summed E-state index contributed by atoms with van der Waals surface area (Å²) in [5.41, 5.74) is 5.63. The maximum Gasteiger partial charge on any atom is 0.238 e. The molecule has 1 saturated heterocycles. The molecule has 0 bridgehead atoms. The van der Waals surface area contributed by atoms with Crippen molar-refractivity contribution in [2.24, 2.45) is 5.14 Å². The molecule has 0 aromatic heterocycles. The molecular formula is C12H19N3O4S. The van der Waals surface area contributed by atoms with E-state index in [-0.39, 0.29) is 23.2 Å². The van der Waals surface area contributed by atoms with Crippen LogP contribution in [0.5, 0.6) is 0 Å². The van der Waals surface area contributed by atoms with Gasteiger partial charge in [-0.3, -0.25) is 0 Å². The molecule has 1 aromatic carbocycles. The summed E-state index contributed by atoms with van der Waals surface area (Å²) >= 11 is 0. The Labute approximate surface area is 118 Å². The fraction of sp³-hybridized carbons (Fsp3) is 0.500. The van der Waals surface area contributed by atoms with E-state index >= 15 is 0 Å². The third-order valence-electron chi connectivity index (χ3n) is 3.60. The minimum atomic E-state index is -3.77. The number of anilines is 2. The van der Waals surface area contributed by atoms with Gasteiger partial charge in [0.25, 0.3) is 0 Å². The van der Waals surface area contributed by atoms with Gasteiger partial charge >= 0.3 is 0 Å². The van der Waals surface area contributed by atoms with E-state index in [1.807, 2.05) is 6.92 Å². The lowest BCUT2D eigenvalue weighted by Gasteiger charge is -2.27. The minimum Gasteiger partial charge on any atom is -0.397 e. The number of sulfonamides is 1. The van der Waals surface area contributed by atoms with Crippen molar-refractivity contribution in [1.82, 2.24) is 0 Å². The van der Waals surface area contributed by atoms with Crippen molar-refractivity contribution >= 4 is 21.4 Å². The van der Waals surface area contributed by atoms with Gasteiger partial charge < -0.3 is 20.9 Å². The predicted octanol–water partition coefficient (Wildman–Crippen LogP) is -0.132. The number of hydrogen-bond acceptors (Lipinski definition) is 6. The Morgan fingerprint density at radius 1 is 1.55 bits per heavy atom. The van der Waals surface area contributed by atoms with Crippen molar-refractivity contribution in [3.63, 3.8) is 0 Å². The third-order valence-corrected chi connectivity index (χ3v) is 4.51. The van der Waals surface area contributed by atoms with Gasteiger partial charge in [0.05, 0.1) is 22.4 Å². The summed E-state index contributed by atoms with van der Waals surface area (Å²) in [5.74, 6) is 0. The quantitative estimate of drug-likeness (QED) is 0.573. The van der Waals surface area contributed by atoms with Crippen molar-refractivity contribution in [3.05, 3.63) is 18.2 Å². The van der Waals surface area contributed by atoms with Crippen LogP contribution >= 0.6 is 0 Å². The first-order valence-corrected chi connectivity index (χ1v) is 7.77. The first kappa shape index (κ1) is 15.0. The predicted molar refractivity (Wildman–Crippen MR) is 75.7 cm³/mol. The Balaban J connectivity index is 2.11. The standard InChI is InChI=1S/C12H19N3O4S/c1-8-12(16,4-5-19-8)7-15-11-3-2-9(6-10(11)13)20(14,17)18/h2-3,6,8,15-16H,4-5,7,13H2,1H3,(H2,14,17,18). The average Bonchev–Trinajstić information content (AvgIpc) is 2.67. The maximum absolute atomic E-state index is 11.2. The van der Waals surface area contributed by atoms with Gasteiger partial charge in [-0.25, -0.2) is 13.6 Å². The van der Waals surface area contributed by atoms with Gasteiger partial charge in [0.1, 0.15) is 5.60 Å². The van der Waals surface area contributed by atoms with Crippen LogP contribution in [0.4, 0.5) is 11.4 Å². The number of primary sulfonamides is 1. The van der Waals surface area contributed by atoms with E-state index in [2.05, 4.69) is 5.32 Å². The number of hydrogen-bond donors (Lipinski definition) is 4. The van der Waals surface area contributed by atoms with Gasteiger partial charge in [-0.05, 0) is 25.1 Å². The molecule has 6 N–H and O–H groups in total. The first-order chi connectivity index (χ1) is 9.22. The van der Waals surface area contributed by atoms with Crippen molar-refractivity contribution < 1.29 is 18.3 Å². The highest BCUT2D eigenvalue weighted by molar-refractivity contribution is 7.89. The molecule has 8 heteroatoms. The molecular weight excluding hydrogens is 282 g/mol. The van der Waals surface area contributed by atoms with Crippen LogP contribution in [0.3, 0.4) is 0 Å². The zero-order valence-corrected chi connectivity index (χ0v) is 12.0. The molecule has 1 aromatic rings. The van der Waals surface area contributed by atoms with Crippen LogP contribution in [0, 0.1) is 0 Å². The molecule has 2 unspecified atom stereocenters. The lowest BCUT2D eigenvalue weighted by molar-refractivity contribution is -0.0175. The molecule has 7 nitrogen and oxygen atoms in total. The zero-order valence-electron chi connectivity index (χ0n) is 11.2. The number of nitrogens with one attached hydrogen (secondary N) is 1. The van der Waals surface area contributed by atoms with Gasteiger partial charge in [0, 0.05) is 19.6 Å². The summed E-state index contributed by atoms with van der Waals surface area (Å²) in [6.07, 6.45) is 0.274. The summed E-state index contributed by atoms with van der Waals surface area (Å²) in [4.78, 5) is -0.0446. The molecule has 0 aliphatic carbocycles. The highest BCUT2D eigenvalue weighted by Crippen LogP contribution is 2.28. The highest BCUT2D eigenvalue weighted by Gasteiger charge is 2.39. The van der Waals surface area contributed by atoms with Gasteiger partial charge in [0.15, 0.2) is 0 Å². The van der Waals surface area contributed by atoms with Crippen LogP contribution in [0.25, 0.3) is 0 Å². The molecule has 0 amide bonds. The van der Waals surface area contributed by atoms with Gasteiger partial charge in [0.2, 0.25) is 10.0 Å². The smallest absolute Gasteiger partial charge is 0.238 e. The fourth-order valence-corrected chi connectivity index (χ4v) is 2.68. The van der Waals surface area contributed by atoms with E-state index in [1.54, 1.807) is 0 Å². The molecule has 0 saturated carbocycles. The normalized spacial score (nSPS) is 26.6. The molecule has 1 aliphatic heterocycles. The lowest BCUT2D eigenvalue weighted by Crippen LogP contribution is -2.43. The second kappa shape index (κ2) is 5.21. The molecule has 112 valence electrons. The summed E-state index contributed by atoms with van der Waals surface area (Å²) in [7, 11) is -3.77. The van der Waals surface area contributed by atoms with Crippen molar-refractivity contribution in [2.75, 3.05) is 24.2 Å². The number of nitrogens with two attached hydrogens (primary N) is 2. The Bertz CT molecular complexity index is 605. The van der Waals surface area contributed by atoms with Crippen molar-refractivity contribution in [1.29, 1.82) is 0 Å². The molecule has 0 spiro atoms. The van der Waals surface area contributed by atoms with Gasteiger partial charge in [-0.2, -0.15) is 0 Å². The molecule has 1 fully saturated rings. The van der Waals surface area contributed by atoms with Crippen LogP contribution < -0.4 is 16.2 Å². The van der Waals surface area contributed by atoms with Crippen LogP contribution in [0.1, 0.15) is 13.3 Å². The van der Waals surface area contributed by atoms with Crippen molar-refractivity contribution in [3.8, 4) is 0 Å². The van der Waals surface area contributed by atoms with E-state index in [4.69, 9.17) is 15.6 Å². The first-order valence-electron chi connectivity index (χ1n) is 6.22. The number of benzene rings is 1. The van der Waals surface area contributed by atoms with Gasteiger partial charge in [-0.1, -0.05) is 0 Å². The van der Waals surface area contributed by atoms with Crippen LogP contribution in [0.2, 0.25) is 0 Å². The third kappa shape index (κ3) is 3.04.